The smallest absolute Gasteiger partial charge is 0.255 e. The van der Waals surface area contributed by atoms with E-state index in [4.69, 9.17) is 10.5 Å². The Hall–Kier alpha value is -3.09. The van der Waals surface area contributed by atoms with Gasteiger partial charge in [-0.15, -0.1) is 0 Å². The van der Waals surface area contributed by atoms with Crippen molar-refractivity contribution in [2.45, 2.75) is 19.9 Å². The zero-order valence-corrected chi connectivity index (χ0v) is 12.8. The quantitative estimate of drug-likeness (QED) is 0.642. The van der Waals surface area contributed by atoms with Gasteiger partial charge in [0.15, 0.2) is 5.65 Å². The van der Waals surface area contributed by atoms with Gasteiger partial charge in [-0.2, -0.15) is 0 Å². The van der Waals surface area contributed by atoms with Gasteiger partial charge in [0.05, 0.1) is 11.8 Å². The fourth-order valence-electron chi connectivity index (χ4n) is 2.14. The molecule has 0 saturated heterocycles. The summed E-state index contributed by atoms with van der Waals surface area (Å²) in [6.07, 6.45) is 3.08. The number of nitrogens with two attached hydrogens (primary N) is 1. The third-order valence-corrected chi connectivity index (χ3v) is 3.10. The monoisotopic (exact) mass is 311 g/mol. The summed E-state index contributed by atoms with van der Waals surface area (Å²) in [5.41, 5.74) is 7.73. The molecular weight excluding hydrogens is 294 g/mol. The van der Waals surface area contributed by atoms with Gasteiger partial charge in [-0.25, -0.2) is 9.97 Å². The summed E-state index contributed by atoms with van der Waals surface area (Å²) < 4.78 is 5.65. The van der Waals surface area contributed by atoms with Crippen LogP contribution in [0.3, 0.4) is 0 Å². The van der Waals surface area contributed by atoms with Crippen LogP contribution in [0.5, 0.6) is 11.6 Å². The first-order chi connectivity index (χ1) is 11.0. The lowest BCUT2D eigenvalue weighted by atomic mass is 10.2. The number of amides is 1. The van der Waals surface area contributed by atoms with E-state index in [0.717, 1.165) is 0 Å². The lowest BCUT2D eigenvalue weighted by Crippen LogP contribution is -2.29. The summed E-state index contributed by atoms with van der Waals surface area (Å²) in [5.74, 6) is 0.644. The molecule has 0 atom stereocenters. The summed E-state index contributed by atoms with van der Waals surface area (Å²) in [5, 5.41) is 2.83. The summed E-state index contributed by atoms with van der Waals surface area (Å²) in [4.78, 5) is 23.7. The number of rotatable bonds is 4. The Morgan fingerprint density at radius 2 is 2.22 bits per heavy atom. The number of carbonyl (C=O) groups is 1. The number of ether oxygens (including phenoxy) is 1. The Kier molecular flexibility index (Phi) is 3.84. The second kappa shape index (κ2) is 5.96. The Labute approximate surface area is 132 Å². The highest BCUT2D eigenvalue weighted by Crippen LogP contribution is 2.23. The highest BCUT2D eigenvalue weighted by Gasteiger charge is 2.16. The van der Waals surface area contributed by atoms with Crippen LogP contribution >= 0.6 is 0 Å². The predicted octanol–water partition coefficient (Wildman–Crippen LogP) is 2.47. The fraction of sp³-hybridized carbons (Fsp3) is 0.188. The highest BCUT2D eigenvalue weighted by molar-refractivity contribution is 6.04. The van der Waals surface area contributed by atoms with E-state index in [9.17, 15) is 4.79 Å². The molecule has 0 bridgehead atoms. The van der Waals surface area contributed by atoms with E-state index in [2.05, 4.69) is 20.3 Å². The molecule has 7 nitrogen and oxygen atoms in total. The van der Waals surface area contributed by atoms with Crippen LogP contribution in [0.15, 0.2) is 36.7 Å². The molecule has 0 spiro atoms. The minimum atomic E-state index is -0.207. The lowest BCUT2D eigenvalue weighted by Gasteiger charge is -2.07. The molecule has 118 valence electrons. The zero-order valence-electron chi connectivity index (χ0n) is 12.8. The van der Waals surface area contributed by atoms with Gasteiger partial charge in [0.1, 0.15) is 11.3 Å². The molecule has 1 amide bonds. The summed E-state index contributed by atoms with van der Waals surface area (Å²) >= 11 is 0. The Balaban J connectivity index is 1.93. The highest BCUT2D eigenvalue weighted by atomic mass is 16.5. The zero-order chi connectivity index (χ0) is 16.4. The number of carbonyl (C=O) groups excluding carboxylic acids is 1. The summed E-state index contributed by atoms with van der Waals surface area (Å²) in [6, 6.07) is 7.05. The number of hydrogen-bond acceptors (Lipinski definition) is 5. The van der Waals surface area contributed by atoms with Gasteiger partial charge in [-0.3, -0.25) is 4.79 Å². The van der Waals surface area contributed by atoms with E-state index >= 15 is 0 Å². The maximum absolute atomic E-state index is 12.2. The van der Waals surface area contributed by atoms with Gasteiger partial charge in [-0.1, -0.05) is 6.07 Å². The fourth-order valence-corrected chi connectivity index (χ4v) is 2.14. The van der Waals surface area contributed by atoms with Gasteiger partial charge in [0.25, 0.3) is 5.91 Å². The van der Waals surface area contributed by atoms with E-state index in [0.29, 0.717) is 34.0 Å². The minimum absolute atomic E-state index is 0.0344. The summed E-state index contributed by atoms with van der Waals surface area (Å²) in [7, 11) is 0. The number of H-pyrrole nitrogens is 1. The third-order valence-electron chi connectivity index (χ3n) is 3.10. The molecular formula is C16H17N5O2. The molecule has 0 unspecified atom stereocenters. The molecule has 3 aromatic rings. The predicted molar refractivity (Wildman–Crippen MR) is 87.4 cm³/mol. The Bertz CT molecular complexity index is 857. The number of nitrogens with zero attached hydrogens (tertiary/aromatic N) is 2. The van der Waals surface area contributed by atoms with Crippen LogP contribution in [0.2, 0.25) is 0 Å². The molecule has 7 heteroatoms. The van der Waals surface area contributed by atoms with Crippen LogP contribution in [-0.4, -0.2) is 26.9 Å². The molecule has 0 saturated carbocycles. The molecule has 0 fully saturated rings. The summed E-state index contributed by atoms with van der Waals surface area (Å²) in [6.45, 7) is 3.79. The maximum atomic E-state index is 12.2. The number of hydrogen-bond donors (Lipinski definition) is 3. The number of anilines is 1. The van der Waals surface area contributed by atoms with E-state index in [1.807, 2.05) is 13.8 Å². The van der Waals surface area contributed by atoms with Crippen molar-refractivity contribution in [2.75, 3.05) is 5.73 Å². The minimum Gasteiger partial charge on any atom is -0.437 e. The van der Waals surface area contributed by atoms with E-state index < -0.39 is 0 Å². The van der Waals surface area contributed by atoms with Crippen LogP contribution in [0.1, 0.15) is 24.2 Å². The first kappa shape index (κ1) is 14.8. The number of fused-ring (bicyclic) bond motifs is 1. The van der Waals surface area contributed by atoms with Crippen molar-refractivity contribution in [1.29, 1.82) is 0 Å². The van der Waals surface area contributed by atoms with Crippen molar-refractivity contribution in [3.8, 4) is 11.6 Å². The average molecular weight is 311 g/mol. The first-order valence-corrected chi connectivity index (χ1v) is 7.21. The van der Waals surface area contributed by atoms with E-state index in [1.165, 1.54) is 6.20 Å². The van der Waals surface area contributed by atoms with Crippen molar-refractivity contribution in [3.05, 3.63) is 42.2 Å². The first-order valence-electron chi connectivity index (χ1n) is 7.21. The Morgan fingerprint density at radius 3 is 2.96 bits per heavy atom. The normalized spacial score (nSPS) is 10.9. The molecule has 1 aromatic carbocycles. The van der Waals surface area contributed by atoms with Gasteiger partial charge in [0.2, 0.25) is 5.88 Å². The molecule has 4 N–H and O–H groups in total. The standard InChI is InChI=1S/C16H17N5O2/c1-9(2)20-16(22)12-7-18-15-14(12)21-13(8-19-15)23-11-5-3-4-10(17)6-11/h3-9H,17H2,1-2H3,(H,18,19)(H,20,22). The number of benzene rings is 1. The van der Waals surface area contributed by atoms with Gasteiger partial charge in [-0.05, 0) is 26.0 Å². The van der Waals surface area contributed by atoms with Crippen LogP contribution in [-0.2, 0) is 0 Å². The number of nitrogen functional groups attached to an aromatic ring is 1. The molecule has 2 heterocycles. The van der Waals surface area contributed by atoms with E-state index in [-0.39, 0.29) is 11.9 Å². The maximum Gasteiger partial charge on any atom is 0.255 e. The molecule has 0 radical (unpaired) electrons. The SMILES string of the molecule is CC(C)NC(=O)c1c[nH]c2ncc(Oc3cccc(N)c3)nc12. The second-order valence-electron chi connectivity index (χ2n) is 5.41. The van der Waals surface area contributed by atoms with Crippen molar-refractivity contribution in [3.63, 3.8) is 0 Å². The average Bonchev–Trinajstić information content (AvgIpc) is 2.89. The van der Waals surface area contributed by atoms with Gasteiger partial charge in [0, 0.05) is 24.0 Å². The molecule has 23 heavy (non-hydrogen) atoms. The molecule has 0 aliphatic rings. The molecule has 3 rings (SSSR count). The van der Waals surface area contributed by atoms with Crippen LogP contribution in [0, 0.1) is 0 Å². The van der Waals surface area contributed by atoms with Crippen LogP contribution in [0.25, 0.3) is 11.2 Å². The van der Waals surface area contributed by atoms with Crippen molar-refractivity contribution < 1.29 is 9.53 Å². The van der Waals surface area contributed by atoms with E-state index in [1.54, 1.807) is 30.5 Å². The number of aromatic amines is 1. The van der Waals surface area contributed by atoms with Gasteiger partial charge >= 0.3 is 0 Å². The molecule has 0 aliphatic carbocycles. The van der Waals surface area contributed by atoms with Crippen molar-refractivity contribution in [1.82, 2.24) is 20.3 Å². The van der Waals surface area contributed by atoms with Crippen molar-refractivity contribution >= 4 is 22.8 Å². The number of nitrogens with one attached hydrogen (secondary N) is 2. The third kappa shape index (κ3) is 3.23. The molecule has 0 aliphatic heterocycles. The van der Waals surface area contributed by atoms with Crippen LogP contribution < -0.4 is 15.8 Å². The topological polar surface area (TPSA) is 106 Å². The number of aromatic nitrogens is 3. The molecule has 2 aromatic heterocycles. The van der Waals surface area contributed by atoms with Crippen molar-refractivity contribution in [2.24, 2.45) is 0 Å². The second-order valence-corrected chi connectivity index (χ2v) is 5.41. The Morgan fingerprint density at radius 1 is 1.39 bits per heavy atom. The lowest BCUT2D eigenvalue weighted by molar-refractivity contribution is 0.0944. The largest absolute Gasteiger partial charge is 0.437 e. The van der Waals surface area contributed by atoms with Gasteiger partial charge < -0.3 is 20.8 Å². The van der Waals surface area contributed by atoms with Crippen LogP contribution in [0.4, 0.5) is 5.69 Å².